The molecule has 26 heavy (non-hydrogen) atoms. The highest BCUT2D eigenvalue weighted by Gasteiger charge is 2.23. The highest BCUT2D eigenvalue weighted by Crippen LogP contribution is 2.35. The molecule has 7 nitrogen and oxygen atoms in total. The van der Waals surface area contributed by atoms with Gasteiger partial charge in [0, 0.05) is 0 Å². The molecule has 0 saturated heterocycles. The van der Waals surface area contributed by atoms with Gasteiger partial charge >= 0.3 is 12.0 Å². The van der Waals surface area contributed by atoms with Crippen LogP contribution >= 0.6 is 0 Å². The summed E-state index contributed by atoms with van der Waals surface area (Å²) < 4.78 is 10.4. The SMILES string of the molecule is CC(C)(C)c1ccc(OCC(=O)OCC(=O)NC(N)=O)c(C(C)(C)C)c1. The molecular weight excluding hydrogens is 336 g/mol. The number of primary amides is 1. The molecule has 0 spiro atoms. The number of amides is 3. The largest absolute Gasteiger partial charge is 0.482 e. The van der Waals surface area contributed by atoms with Gasteiger partial charge in [-0.1, -0.05) is 53.7 Å². The van der Waals surface area contributed by atoms with Crippen LogP contribution in [0, 0.1) is 0 Å². The average molecular weight is 364 g/mol. The van der Waals surface area contributed by atoms with E-state index >= 15 is 0 Å². The summed E-state index contributed by atoms with van der Waals surface area (Å²) in [5.41, 5.74) is 6.75. The van der Waals surface area contributed by atoms with Crippen LogP contribution in [0.25, 0.3) is 0 Å². The summed E-state index contributed by atoms with van der Waals surface area (Å²) in [5.74, 6) is -0.927. The van der Waals surface area contributed by atoms with E-state index in [-0.39, 0.29) is 17.4 Å². The molecule has 1 rings (SSSR count). The van der Waals surface area contributed by atoms with Crippen molar-refractivity contribution in [3.63, 3.8) is 0 Å². The van der Waals surface area contributed by atoms with Gasteiger partial charge in [0.05, 0.1) is 0 Å². The molecule has 1 aromatic carbocycles. The Morgan fingerprint density at radius 1 is 1.00 bits per heavy atom. The normalized spacial score (nSPS) is 11.6. The van der Waals surface area contributed by atoms with Crippen molar-refractivity contribution >= 4 is 17.9 Å². The van der Waals surface area contributed by atoms with Crippen LogP contribution in [0.1, 0.15) is 52.7 Å². The number of hydrogen-bond donors (Lipinski definition) is 2. The lowest BCUT2D eigenvalue weighted by Gasteiger charge is -2.27. The molecular formula is C19H28N2O5. The molecule has 144 valence electrons. The maximum absolute atomic E-state index is 11.8. The van der Waals surface area contributed by atoms with E-state index in [0.29, 0.717) is 5.75 Å². The van der Waals surface area contributed by atoms with Crippen molar-refractivity contribution in [1.29, 1.82) is 0 Å². The molecule has 0 aromatic heterocycles. The van der Waals surface area contributed by atoms with Gasteiger partial charge in [-0.15, -0.1) is 0 Å². The molecule has 0 fully saturated rings. The van der Waals surface area contributed by atoms with Crippen LogP contribution in [-0.4, -0.2) is 31.1 Å². The average Bonchev–Trinajstić information content (AvgIpc) is 2.48. The lowest BCUT2D eigenvalue weighted by Crippen LogP contribution is -2.38. The van der Waals surface area contributed by atoms with Gasteiger partial charge in [-0.2, -0.15) is 0 Å². The first kappa shape index (κ1) is 21.5. The molecule has 3 N–H and O–H groups in total. The van der Waals surface area contributed by atoms with Crippen molar-refractivity contribution in [3.05, 3.63) is 29.3 Å². The van der Waals surface area contributed by atoms with Crippen molar-refractivity contribution < 1.29 is 23.9 Å². The lowest BCUT2D eigenvalue weighted by atomic mass is 9.80. The number of carbonyl (C=O) groups excluding carboxylic acids is 3. The molecule has 0 aliphatic heterocycles. The smallest absolute Gasteiger partial charge is 0.344 e. The maximum atomic E-state index is 11.8. The van der Waals surface area contributed by atoms with Crippen molar-refractivity contribution in [1.82, 2.24) is 5.32 Å². The van der Waals surface area contributed by atoms with E-state index in [1.54, 1.807) is 5.32 Å². The topological polar surface area (TPSA) is 108 Å². The number of rotatable bonds is 5. The van der Waals surface area contributed by atoms with Crippen LogP contribution < -0.4 is 15.8 Å². The number of nitrogens with one attached hydrogen (secondary N) is 1. The van der Waals surface area contributed by atoms with Crippen LogP contribution in [0.5, 0.6) is 5.75 Å². The van der Waals surface area contributed by atoms with Crippen LogP contribution in [-0.2, 0) is 25.2 Å². The van der Waals surface area contributed by atoms with Gasteiger partial charge in [0.15, 0.2) is 13.2 Å². The third-order valence-electron chi connectivity index (χ3n) is 3.63. The molecule has 3 amide bonds. The zero-order chi connectivity index (χ0) is 20.1. The number of benzene rings is 1. The first-order chi connectivity index (χ1) is 11.8. The second-order valence-electron chi connectivity index (χ2n) is 8.07. The van der Waals surface area contributed by atoms with Crippen molar-refractivity contribution in [2.75, 3.05) is 13.2 Å². The molecule has 0 unspecified atom stereocenters. The summed E-state index contributed by atoms with van der Waals surface area (Å²) >= 11 is 0. The Labute approximate surface area is 154 Å². The van der Waals surface area contributed by atoms with Crippen LogP contribution in [0.15, 0.2) is 18.2 Å². The Morgan fingerprint density at radius 2 is 1.62 bits per heavy atom. The maximum Gasteiger partial charge on any atom is 0.344 e. The fourth-order valence-corrected chi connectivity index (χ4v) is 2.21. The number of ether oxygens (including phenoxy) is 2. The second kappa shape index (κ2) is 8.21. The van der Waals surface area contributed by atoms with E-state index < -0.39 is 24.5 Å². The minimum absolute atomic E-state index is 0.00868. The van der Waals surface area contributed by atoms with E-state index in [0.717, 1.165) is 5.56 Å². The molecule has 0 aliphatic rings. The quantitative estimate of drug-likeness (QED) is 0.780. The summed E-state index contributed by atoms with van der Waals surface area (Å²) in [7, 11) is 0. The molecule has 1 aromatic rings. The van der Waals surface area contributed by atoms with E-state index in [4.69, 9.17) is 15.2 Å². The Bertz CT molecular complexity index is 684. The van der Waals surface area contributed by atoms with Crippen molar-refractivity contribution in [3.8, 4) is 5.75 Å². The van der Waals surface area contributed by atoms with Gasteiger partial charge in [0.1, 0.15) is 5.75 Å². The number of imide groups is 1. The molecule has 0 aliphatic carbocycles. The minimum Gasteiger partial charge on any atom is -0.482 e. The van der Waals surface area contributed by atoms with E-state index in [1.807, 2.05) is 12.1 Å². The highest BCUT2D eigenvalue weighted by molar-refractivity contribution is 5.94. The number of urea groups is 1. The number of esters is 1. The summed E-state index contributed by atoms with van der Waals surface area (Å²) in [6.07, 6.45) is 0. The van der Waals surface area contributed by atoms with Crippen LogP contribution in [0.3, 0.4) is 0 Å². The molecule has 0 saturated carbocycles. The Kier molecular flexibility index (Phi) is 6.78. The third-order valence-corrected chi connectivity index (χ3v) is 3.63. The van der Waals surface area contributed by atoms with E-state index in [1.165, 1.54) is 5.56 Å². The number of nitrogens with two attached hydrogens (primary N) is 1. The first-order valence-corrected chi connectivity index (χ1v) is 8.33. The number of carbonyl (C=O) groups is 3. The zero-order valence-electron chi connectivity index (χ0n) is 16.3. The fraction of sp³-hybridized carbons (Fsp3) is 0.526. The minimum atomic E-state index is -1.00. The monoisotopic (exact) mass is 364 g/mol. The van der Waals surface area contributed by atoms with Gasteiger partial charge in [-0.3, -0.25) is 10.1 Å². The van der Waals surface area contributed by atoms with Crippen molar-refractivity contribution in [2.24, 2.45) is 5.73 Å². The van der Waals surface area contributed by atoms with Gasteiger partial charge in [0.25, 0.3) is 5.91 Å². The lowest BCUT2D eigenvalue weighted by molar-refractivity contribution is -0.150. The second-order valence-corrected chi connectivity index (χ2v) is 8.07. The van der Waals surface area contributed by atoms with Gasteiger partial charge in [-0.25, -0.2) is 9.59 Å². The van der Waals surface area contributed by atoms with Gasteiger partial charge in [0.2, 0.25) is 0 Å². The van der Waals surface area contributed by atoms with Crippen LogP contribution in [0.4, 0.5) is 4.79 Å². The Balaban J connectivity index is 2.79. The summed E-state index contributed by atoms with van der Waals surface area (Å²) in [6, 6.07) is 4.89. The predicted molar refractivity (Wildman–Crippen MR) is 98.0 cm³/mol. The van der Waals surface area contributed by atoms with Crippen LogP contribution in [0.2, 0.25) is 0 Å². The Morgan fingerprint density at radius 3 is 2.12 bits per heavy atom. The number of hydrogen-bond acceptors (Lipinski definition) is 5. The third kappa shape index (κ3) is 6.74. The predicted octanol–water partition coefficient (Wildman–Crippen LogP) is 2.40. The summed E-state index contributed by atoms with van der Waals surface area (Å²) in [6.45, 7) is 11.6. The molecule has 0 heterocycles. The van der Waals surface area contributed by atoms with E-state index in [2.05, 4.69) is 47.6 Å². The van der Waals surface area contributed by atoms with Crippen molar-refractivity contribution in [2.45, 2.75) is 52.4 Å². The molecule has 0 radical (unpaired) electrons. The Hall–Kier alpha value is -2.57. The van der Waals surface area contributed by atoms with E-state index in [9.17, 15) is 14.4 Å². The standard InChI is InChI=1S/C19H28N2O5/c1-18(2,3)12-7-8-14(13(9-12)19(4,5)6)25-11-16(23)26-10-15(22)21-17(20)24/h7-9H,10-11H2,1-6H3,(H3,20,21,22,24). The van der Waals surface area contributed by atoms with Gasteiger partial charge < -0.3 is 15.2 Å². The molecule has 7 heteroatoms. The van der Waals surface area contributed by atoms with Gasteiger partial charge in [-0.05, 0) is 28.0 Å². The summed E-state index contributed by atoms with van der Waals surface area (Å²) in [4.78, 5) is 33.5. The zero-order valence-corrected chi connectivity index (χ0v) is 16.3. The highest BCUT2D eigenvalue weighted by atomic mass is 16.6. The first-order valence-electron chi connectivity index (χ1n) is 8.33. The molecule has 0 bridgehead atoms. The summed E-state index contributed by atoms with van der Waals surface area (Å²) in [5, 5.41) is 1.80. The molecule has 0 atom stereocenters. The fourth-order valence-electron chi connectivity index (χ4n) is 2.21.